The minimum absolute atomic E-state index is 0.0441. The number of terminal acetylenes is 1. The number of hydrogen-bond acceptors (Lipinski definition) is 5. The zero-order valence-electron chi connectivity index (χ0n) is 15.6. The molecule has 0 bridgehead atoms. The van der Waals surface area contributed by atoms with Crippen LogP contribution in [0.1, 0.15) is 16.7 Å². The first-order chi connectivity index (χ1) is 13.7. The molecular formula is C22H18N4O2S. The molecule has 0 saturated carbocycles. The number of rotatable bonds is 4. The van der Waals surface area contributed by atoms with Gasteiger partial charge < -0.3 is 11.5 Å². The SMILES string of the molecule is C#Cc1cc(NS(=O)(=O)c2cc(N)c(N)cc2C)ccc1-c1ccc(C#N)cc1. The van der Waals surface area contributed by atoms with Gasteiger partial charge in [0, 0.05) is 5.56 Å². The highest BCUT2D eigenvalue weighted by Crippen LogP contribution is 2.29. The van der Waals surface area contributed by atoms with E-state index in [2.05, 4.69) is 16.7 Å². The molecule has 0 aliphatic carbocycles. The van der Waals surface area contributed by atoms with Crippen molar-refractivity contribution < 1.29 is 8.42 Å². The molecule has 7 heteroatoms. The van der Waals surface area contributed by atoms with Crippen LogP contribution in [-0.4, -0.2) is 8.42 Å². The second-order valence-electron chi connectivity index (χ2n) is 6.45. The van der Waals surface area contributed by atoms with E-state index in [9.17, 15) is 8.42 Å². The molecule has 6 nitrogen and oxygen atoms in total. The van der Waals surface area contributed by atoms with Crippen LogP contribution in [0.15, 0.2) is 59.5 Å². The number of nitrogens with one attached hydrogen (secondary N) is 1. The van der Waals surface area contributed by atoms with Gasteiger partial charge in [0.15, 0.2) is 0 Å². The first-order valence-electron chi connectivity index (χ1n) is 8.55. The van der Waals surface area contributed by atoms with Gasteiger partial charge in [-0.25, -0.2) is 8.42 Å². The number of nitriles is 1. The molecule has 0 aliphatic rings. The van der Waals surface area contributed by atoms with Crippen molar-refractivity contribution in [2.24, 2.45) is 0 Å². The molecule has 0 spiro atoms. The summed E-state index contributed by atoms with van der Waals surface area (Å²) in [6.07, 6.45) is 5.64. The molecule has 0 aliphatic heterocycles. The number of sulfonamides is 1. The molecule has 0 saturated heterocycles. The van der Waals surface area contributed by atoms with Crippen LogP contribution in [-0.2, 0) is 10.0 Å². The number of hydrogen-bond donors (Lipinski definition) is 3. The van der Waals surface area contributed by atoms with Gasteiger partial charge in [-0.2, -0.15) is 5.26 Å². The number of nitrogen functional groups attached to an aromatic ring is 2. The molecule has 5 N–H and O–H groups in total. The maximum Gasteiger partial charge on any atom is 0.262 e. The first-order valence-corrected chi connectivity index (χ1v) is 10.0. The third kappa shape index (κ3) is 4.01. The monoisotopic (exact) mass is 402 g/mol. The summed E-state index contributed by atoms with van der Waals surface area (Å²) in [6.45, 7) is 1.64. The van der Waals surface area contributed by atoms with Crippen molar-refractivity contribution >= 4 is 27.1 Å². The summed E-state index contributed by atoms with van der Waals surface area (Å²) in [5, 5.41) is 8.93. The Morgan fingerprint density at radius 3 is 2.28 bits per heavy atom. The fourth-order valence-electron chi connectivity index (χ4n) is 2.93. The third-order valence-electron chi connectivity index (χ3n) is 4.42. The van der Waals surface area contributed by atoms with Crippen LogP contribution in [0.3, 0.4) is 0 Å². The summed E-state index contributed by atoms with van der Waals surface area (Å²) in [6, 6.07) is 16.8. The van der Waals surface area contributed by atoms with E-state index in [0.717, 1.165) is 11.1 Å². The number of benzene rings is 3. The van der Waals surface area contributed by atoms with Crippen molar-refractivity contribution in [2.45, 2.75) is 11.8 Å². The standard InChI is InChI=1S/C22H18N4O2S/c1-3-16-11-18(8-9-19(16)17-6-4-15(13-23)5-7-17)26-29(27,28)22-12-21(25)20(24)10-14(22)2/h1,4-12,26H,24-25H2,2H3. The molecule has 0 amide bonds. The van der Waals surface area contributed by atoms with Crippen molar-refractivity contribution in [2.75, 3.05) is 16.2 Å². The van der Waals surface area contributed by atoms with E-state index < -0.39 is 10.0 Å². The zero-order valence-corrected chi connectivity index (χ0v) is 16.4. The van der Waals surface area contributed by atoms with Crippen molar-refractivity contribution in [3.8, 4) is 29.5 Å². The van der Waals surface area contributed by atoms with Crippen LogP contribution in [0.4, 0.5) is 17.1 Å². The van der Waals surface area contributed by atoms with Crippen LogP contribution < -0.4 is 16.2 Å². The molecule has 3 rings (SSSR count). The van der Waals surface area contributed by atoms with Gasteiger partial charge in [-0.3, -0.25) is 4.72 Å². The second-order valence-corrected chi connectivity index (χ2v) is 8.10. The lowest BCUT2D eigenvalue weighted by Gasteiger charge is -2.14. The lowest BCUT2D eigenvalue weighted by molar-refractivity contribution is 0.600. The largest absolute Gasteiger partial charge is 0.397 e. The third-order valence-corrected chi connectivity index (χ3v) is 5.95. The molecule has 0 fully saturated rings. The molecule has 0 heterocycles. The summed E-state index contributed by atoms with van der Waals surface area (Å²) in [4.78, 5) is 0.0441. The van der Waals surface area contributed by atoms with Gasteiger partial charge in [0.2, 0.25) is 0 Å². The van der Waals surface area contributed by atoms with Gasteiger partial charge in [-0.05, 0) is 60.0 Å². The highest BCUT2D eigenvalue weighted by atomic mass is 32.2. The minimum Gasteiger partial charge on any atom is -0.397 e. The first kappa shape index (κ1) is 19.8. The van der Waals surface area contributed by atoms with Crippen LogP contribution in [0, 0.1) is 30.6 Å². The van der Waals surface area contributed by atoms with Crippen molar-refractivity contribution in [3.63, 3.8) is 0 Å². The Bertz CT molecular complexity index is 1280. The molecule has 29 heavy (non-hydrogen) atoms. The lowest BCUT2D eigenvalue weighted by atomic mass is 9.98. The second kappa shape index (κ2) is 7.59. The van der Waals surface area contributed by atoms with Gasteiger partial charge >= 0.3 is 0 Å². The lowest BCUT2D eigenvalue weighted by Crippen LogP contribution is -2.15. The van der Waals surface area contributed by atoms with Gasteiger partial charge in [-0.1, -0.05) is 24.1 Å². The van der Waals surface area contributed by atoms with E-state index in [1.807, 2.05) is 0 Å². The number of nitrogens with zero attached hydrogens (tertiary/aromatic N) is 1. The molecule has 3 aromatic carbocycles. The smallest absolute Gasteiger partial charge is 0.262 e. The van der Waals surface area contributed by atoms with E-state index in [1.54, 1.807) is 49.4 Å². The van der Waals surface area contributed by atoms with Crippen molar-refractivity contribution in [1.82, 2.24) is 0 Å². The molecule has 144 valence electrons. The summed E-state index contributed by atoms with van der Waals surface area (Å²) in [5.74, 6) is 2.58. The Hall–Kier alpha value is -3.94. The quantitative estimate of drug-likeness (QED) is 0.455. The summed E-state index contributed by atoms with van der Waals surface area (Å²) < 4.78 is 28.2. The van der Waals surface area contributed by atoms with E-state index in [0.29, 0.717) is 28.1 Å². The average molecular weight is 402 g/mol. The molecule has 0 radical (unpaired) electrons. The Morgan fingerprint density at radius 1 is 1.00 bits per heavy atom. The fraction of sp³-hybridized carbons (Fsp3) is 0.0455. The van der Waals surface area contributed by atoms with E-state index in [-0.39, 0.29) is 10.6 Å². The van der Waals surface area contributed by atoms with E-state index >= 15 is 0 Å². The topological polar surface area (TPSA) is 122 Å². The zero-order chi connectivity index (χ0) is 21.2. The van der Waals surface area contributed by atoms with Gasteiger partial charge in [0.05, 0.1) is 33.6 Å². The molecule has 3 aromatic rings. The number of aryl methyl sites for hydroxylation is 1. The molecule has 0 atom stereocenters. The van der Waals surface area contributed by atoms with Crippen LogP contribution >= 0.6 is 0 Å². The highest BCUT2D eigenvalue weighted by Gasteiger charge is 2.19. The van der Waals surface area contributed by atoms with Crippen molar-refractivity contribution in [1.29, 1.82) is 5.26 Å². The van der Waals surface area contributed by atoms with Gasteiger partial charge in [0.25, 0.3) is 10.0 Å². The van der Waals surface area contributed by atoms with Crippen LogP contribution in [0.2, 0.25) is 0 Å². The van der Waals surface area contributed by atoms with Crippen molar-refractivity contribution in [3.05, 3.63) is 71.3 Å². The van der Waals surface area contributed by atoms with Gasteiger partial charge in [0.1, 0.15) is 0 Å². The summed E-state index contributed by atoms with van der Waals surface area (Å²) in [7, 11) is -3.88. The normalized spacial score (nSPS) is 10.7. The number of anilines is 3. The maximum absolute atomic E-state index is 12.8. The molecular weight excluding hydrogens is 384 g/mol. The van der Waals surface area contributed by atoms with Crippen LogP contribution in [0.25, 0.3) is 11.1 Å². The predicted octanol–water partition coefficient (Wildman–Crippen LogP) is 3.48. The van der Waals surface area contributed by atoms with Gasteiger partial charge in [-0.15, -0.1) is 6.42 Å². The predicted molar refractivity (Wildman–Crippen MR) is 115 cm³/mol. The fourth-order valence-corrected chi connectivity index (χ4v) is 4.24. The van der Waals surface area contributed by atoms with E-state index in [4.69, 9.17) is 23.2 Å². The highest BCUT2D eigenvalue weighted by molar-refractivity contribution is 7.92. The average Bonchev–Trinajstić information content (AvgIpc) is 2.70. The Kier molecular flexibility index (Phi) is 5.18. The summed E-state index contributed by atoms with van der Waals surface area (Å²) in [5.41, 5.74) is 15.5. The Labute approximate surface area is 169 Å². The summed E-state index contributed by atoms with van der Waals surface area (Å²) >= 11 is 0. The Morgan fingerprint density at radius 2 is 1.66 bits per heavy atom. The van der Waals surface area contributed by atoms with E-state index in [1.165, 1.54) is 12.1 Å². The molecule has 0 unspecified atom stereocenters. The minimum atomic E-state index is -3.88. The number of nitrogens with two attached hydrogens (primary N) is 2. The molecule has 0 aromatic heterocycles. The van der Waals surface area contributed by atoms with Crippen LogP contribution in [0.5, 0.6) is 0 Å². The Balaban J connectivity index is 1.97. The maximum atomic E-state index is 12.8.